The fourth-order valence-corrected chi connectivity index (χ4v) is 5.93. The van der Waals surface area contributed by atoms with Gasteiger partial charge in [0.15, 0.2) is 8.32 Å². The van der Waals surface area contributed by atoms with E-state index in [1.165, 1.54) is 0 Å². The highest BCUT2D eigenvalue weighted by molar-refractivity contribution is 6.74. The number of rotatable bonds is 7. The van der Waals surface area contributed by atoms with Crippen LogP contribution in [0.1, 0.15) is 63.8 Å². The van der Waals surface area contributed by atoms with Gasteiger partial charge in [-0.1, -0.05) is 68.2 Å². The Morgan fingerprint density at radius 2 is 1.71 bits per heavy atom. The van der Waals surface area contributed by atoms with Gasteiger partial charge in [-0.3, -0.25) is 4.79 Å². The van der Waals surface area contributed by atoms with E-state index in [2.05, 4.69) is 38.8 Å². The summed E-state index contributed by atoms with van der Waals surface area (Å²) in [6, 6.07) is 15.2. The van der Waals surface area contributed by atoms with Gasteiger partial charge in [-0.25, -0.2) is 0 Å². The maximum absolute atomic E-state index is 13.8. The molecule has 0 bridgehead atoms. The lowest BCUT2D eigenvalue weighted by molar-refractivity contribution is -0.179. The summed E-state index contributed by atoms with van der Waals surface area (Å²) in [5.41, 5.74) is 1.96. The van der Waals surface area contributed by atoms with Crippen LogP contribution in [-0.4, -0.2) is 37.9 Å². The van der Waals surface area contributed by atoms with Crippen LogP contribution in [0.4, 0.5) is 0 Å². The van der Waals surface area contributed by atoms with Crippen LogP contribution in [0, 0.1) is 5.92 Å². The normalized spacial score (nSPS) is 24.5. The van der Waals surface area contributed by atoms with E-state index in [9.17, 15) is 4.79 Å². The van der Waals surface area contributed by atoms with Crippen molar-refractivity contribution < 1.29 is 14.0 Å². The van der Waals surface area contributed by atoms with Crippen molar-refractivity contribution >= 4 is 37.4 Å². The third-order valence-corrected chi connectivity index (χ3v) is 12.9. The van der Waals surface area contributed by atoms with Crippen LogP contribution in [0.3, 0.4) is 0 Å². The zero-order valence-electron chi connectivity index (χ0n) is 21.6. The maximum atomic E-state index is 13.8. The van der Waals surface area contributed by atoms with Crippen LogP contribution in [0.15, 0.2) is 48.5 Å². The molecule has 35 heavy (non-hydrogen) atoms. The third-order valence-electron chi connectivity index (χ3n) is 7.87. The highest BCUT2D eigenvalue weighted by atomic mass is 35.5. The molecule has 1 aliphatic heterocycles. The number of amides is 1. The molecule has 1 saturated heterocycles. The molecule has 190 valence electrons. The predicted molar refractivity (Wildman–Crippen MR) is 145 cm³/mol. The van der Waals surface area contributed by atoms with Crippen molar-refractivity contribution in [3.8, 4) is 0 Å². The lowest BCUT2D eigenvalue weighted by Crippen LogP contribution is -2.57. The molecular weight excluding hydrogens is 497 g/mol. The molecule has 2 aromatic carbocycles. The minimum atomic E-state index is -1.99. The first-order valence-electron chi connectivity index (χ1n) is 12.5. The molecule has 0 unspecified atom stereocenters. The van der Waals surface area contributed by atoms with Crippen molar-refractivity contribution in [1.82, 2.24) is 4.90 Å². The summed E-state index contributed by atoms with van der Waals surface area (Å²) >= 11 is 12.6. The molecule has 1 aliphatic carbocycles. The fourth-order valence-electron chi connectivity index (χ4n) is 4.59. The van der Waals surface area contributed by atoms with E-state index >= 15 is 0 Å². The Morgan fingerprint density at radius 3 is 2.29 bits per heavy atom. The van der Waals surface area contributed by atoms with Gasteiger partial charge in [0.05, 0.1) is 18.7 Å². The number of carbonyl (C=O) groups is 1. The van der Waals surface area contributed by atoms with Gasteiger partial charge >= 0.3 is 0 Å². The lowest BCUT2D eigenvalue weighted by atomic mass is 9.90. The van der Waals surface area contributed by atoms with Gasteiger partial charge in [0, 0.05) is 10.0 Å². The largest absolute Gasteiger partial charge is 0.415 e. The second kappa shape index (κ2) is 10.2. The SMILES string of the molecule is C[C@@H]1O[C@H](c2cccc(Cl)c2)[C@@H](c2ccc(Cl)cc2)N([C@H](CO[Si](C)(C)C(C)(C)C)C2CC2)C1=O. The summed E-state index contributed by atoms with van der Waals surface area (Å²) in [6.45, 7) is 13.7. The van der Waals surface area contributed by atoms with Crippen molar-refractivity contribution in [2.45, 2.75) is 83.0 Å². The quantitative estimate of drug-likeness (QED) is 0.340. The Kier molecular flexibility index (Phi) is 7.76. The topological polar surface area (TPSA) is 38.8 Å². The molecule has 0 spiro atoms. The van der Waals surface area contributed by atoms with Crippen molar-refractivity contribution in [3.05, 3.63) is 69.7 Å². The van der Waals surface area contributed by atoms with Gasteiger partial charge in [0.2, 0.25) is 0 Å². The molecule has 1 amide bonds. The van der Waals surface area contributed by atoms with Crippen molar-refractivity contribution in [2.75, 3.05) is 6.61 Å². The minimum Gasteiger partial charge on any atom is -0.415 e. The summed E-state index contributed by atoms with van der Waals surface area (Å²) < 4.78 is 13.1. The number of halogens is 2. The Hall–Kier alpha value is -1.37. The highest BCUT2D eigenvalue weighted by Gasteiger charge is 2.50. The molecule has 2 aromatic rings. The average Bonchev–Trinajstić information content (AvgIpc) is 3.61. The molecule has 1 saturated carbocycles. The smallest absolute Gasteiger partial charge is 0.252 e. The molecule has 1 heterocycles. The molecule has 4 rings (SSSR count). The van der Waals surface area contributed by atoms with Crippen LogP contribution in [0.2, 0.25) is 28.2 Å². The molecule has 0 radical (unpaired) electrons. The van der Waals surface area contributed by atoms with Crippen molar-refractivity contribution in [2.24, 2.45) is 5.92 Å². The Balaban J connectivity index is 1.77. The number of ether oxygens (including phenoxy) is 1. The van der Waals surface area contributed by atoms with E-state index < -0.39 is 14.4 Å². The number of nitrogens with zero attached hydrogens (tertiary/aromatic N) is 1. The monoisotopic (exact) mass is 533 g/mol. The van der Waals surface area contributed by atoms with E-state index in [-0.39, 0.29) is 29.1 Å². The Morgan fingerprint density at radius 1 is 1.06 bits per heavy atom. The van der Waals surface area contributed by atoms with Crippen molar-refractivity contribution in [3.63, 3.8) is 0 Å². The van der Waals surface area contributed by atoms with Gasteiger partial charge < -0.3 is 14.1 Å². The van der Waals surface area contributed by atoms with Crippen LogP contribution < -0.4 is 0 Å². The first kappa shape index (κ1) is 26.7. The van der Waals surface area contributed by atoms with Crippen LogP contribution >= 0.6 is 23.2 Å². The molecule has 0 aromatic heterocycles. The number of morpholine rings is 1. The fraction of sp³-hybridized carbons (Fsp3) is 0.536. The second-order valence-corrected chi connectivity index (χ2v) is 17.2. The number of hydrogen-bond donors (Lipinski definition) is 0. The molecule has 0 N–H and O–H groups in total. The zero-order valence-corrected chi connectivity index (χ0v) is 24.1. The second-order valence-electron chi connectivity index (χ2n) is 11.5. The summed E-state index contributed by atoms with van der Waals surface area (Å²) in [4.78, 5) is 15.9. The van der Waals surface area contributed by atoms with Gasteiger partial charge in [0.25, 0.3) is 5.91 Å². The molecule has 4 atom stereocenters. The van der Waals surface area contributed by atoms with Crippen LogP contribution in [-0.2, 0) is 14.0 Å². The summed E-state index contributed by atoms with van der Waals surface area (Å²) in [6.07, 6.45) is 1.31. The molecule has 4 nitrogen and oxygen atoms in total. The van der Waals surface area contributed by atoms with Crippen LogP contribution in [0.5, 0.6) is 0 Å². The number of benzene rings is 2. The van der Waals surface area contributed by atoms with E-state index in [0.717, 1.165) is 24.0 Å². The summed E-state index contributed by atoms with van der Waals surface area (Å²) in [5.74, 6) is 0.447. The highest BCUT2D eigenvalue weighted by Crippen LogP contribution is 2.48. The number of carbonyl (C=O) groups excluding carboxylic acids is 1. The first-order valence-corrected chi connectivity index (χ1v) is 16.2. The van der Waals surface area contributed by atoms with Gasteiger partial charge in [-0.05, 0) is 79.2 Å². The third kappa shape index (κ3) is 5.80. The van der Waals surface area contributed by atoms with Gasteiger partial charge in [-0.2, -0.15) is 0 Å². The van der Waals surface area contributed by atoms with Crippen LogP contribution in [0.25, 0.3) is 0 Å². The Bertz CT molecular complexity index is 1050. The molecule has 7 heteroatoms. The molecule has 2 aliphatic rings. The van der Waals surface area contributed by atoms with E-state index in [1.807, 2.05) is 55.5 Å². The number of hydrogen-bond acceptors (Lipinski definition) is 3. The molecule has 2 fully saturated rings. The zero-order chi connectivity index (χ0) is 25.5. The first-order chi connectivity index (χ1) is 16.4. The van der Waals surface area contributed by atoms with E-state index in [1.54, 1.807) is 0 Å². The summed E-state index contributed by atoms with van der Waals surface area (Å²) in [5, 5.41) is 1.41. The minimum absolute atomic E-state index is 0.00895. The predicted octanol–water partition coefficient (Wildman–Crippen LogP) is 7.82. The van der Waals surface area contributed by atoms with E-state index in [4.69, 9.17) is 32.4 Å². The van der Waals surface area contributed by atoms with Gasteiger partial charge in [-0.15, -0.1) is 0 Å². The van der Waals surface area contributed by atoms with Gasteiger partial charge in [0.1, 0.15) is 12.2 Å². The summed E-state index contributed by atoms with van der Waals surface area (Å²) in [7, 11) is -1.99. The lowest BCUT2D eigenvalue weighted by Gasteiger charge is -2.48. The Labute approximate surface area is 221 Å². The maximum Gasteiger partial charge on any atom is 0.252 e. The van der Waals surface area contributed by atoms with E-state index in [0.29, 0.717) is 22.6 Å². The van der Waals surface area contributed by atoms with Crippen molar-refractivity contribution in [1.29, 1.82) is 0 Å². The standard InChI is InChI=1S/C28H37Cl2NO3Si/c1-18-27(32)31(24(19-10-11-19)17-33-35(5,6)28(2,3)4)25(20-12-14-22(29)15-13-20)26(34-18)21-8-7-9-23(30)16-21/h7-9,12-16,18-19,24-26H,10-11,17H2,1-6H3/t18-,24+,25+,26+/m0/s1. The molecular formula is C28H37Cl2NO3Si. The average molecular weight is 535 g/mol.